The number of para-hydroxylation sites is 1. The largest absolute Gasteiger partial charge is 0.304 e. The molecule has 5 rings (SSSR count). The molecule has 2 heterocycles. The zero-order valence-corrected chi connectivity index (χ0v) is 18.7. The molecule has 0 bridgehead atoms. The fraction of sp³-hybridized carbons (Fsp3) is 0.231. The molecule has 0 aliphatic carbocycles. The Morgan fingerprint density at radius 1 is 1.00 bits per heavy atom. The Kier molecular flexibility index (Phi) is 5.05. The molecule has 32 heavy (non-hydrogen) atoms. The number of thioether (sulfide) groups is 1. The van der Waals surface area contributed by atoms with Gasteiger partial charge in [-0.25, -0.2) is 4.39 Å². The van der Waals surface area contributed by atoms with E-state index < -0.39 is 4.87 Å². The van der Waals surface area contributed by atoms with Gasteiger partial charge in [0.1, 0.15) is 5.82 Å². The van der Waals surface area contributed by atoms with Crippen molar-refractivity contribution in [1.29, 1.82) is 0 Å². The van der Waals surface area contributed by atoms with Gasteiger partial charge in [0.05, 0.1) is 18.0 Å². The number of fused-ring (bicyclic) bond motifs is 2. The molecule has 1 fully saturated rings. The SMILES string of the molecule is CC(C)c1ccc(N2C(=O)CS[C@]23C(=O)N(Cc2cccc(F)c2)c2ccccc23)cc1. The molecular weight excluding hydrogens is 423 g/mol. The van der Waals surface area contributed by atoms with E-state index in [4.69, 9.17) is 0 Å². The Bertz CT molecular complexity index is 1210. The molecule has 3 aromatic rings. The van der Waals surface area contributed by atoms with Crippen LogP contribution in [0.5, 0.6) is 0 Å². The van der Waals surface area contributed by atoms with Gasteiger partial charge in [-0.05, 0) is 47.4 Å². The summed E-state index contributed by atoms with van der Waals surface area (Å²) in [7, 11) is 0. The van der Waals surface area contributed by atoms with Gasteiger partial charge >= 0.3 is 0 Å². The summed E-state index contributed by atoms with van der Waals surface area (Å²) < 4.78 is 13.8. The van der Waals surface area contributed by atoms with Gasteiger partial charge in [-0.2, -0.15) is 0 Å². The predicted octanol–water partition coefficient (Wildman–Crippen LogP) is 5.43. The first-order chi connectivity index (χ1) is 15.4. The maximum atomic E-state index is 14.0. The Balaban J connectivity index is 1.61. The number of carbonyl (C=O) groups is 2. The maximum absolute atomic E-state index is 14.0. The van der Waals surface area contributed by atoms with Crippen LogP contribution in [0.2, 0.25) is 0 Å². The van der Waals surface area contributed by atoms with Crippen molar-refractivity contribution in [3.05, 3.63) is 95.3 Å². The first kappa shape index (κ1) is 20.8. The minimum atomic E-state index is -1.15. The lowest BCUT2D eigenvalue weighted by atomic mass is 10.0. The Morgan fingerprint density at radius 3 is 2.47 bits per heavy atom. The van der Waals surface area contributed by atoms with Crippen molar-refractivity contribution in [2.24, 2.45) is 0 Å². The van der Waals surface area contributed by atoms with E-state index in [9.17, 15) is 14.0 Å². The van der Waals surface area contributed by atoms with Crippen LogP contribution in [0.1, 0.15) is 36.5 Å². The highest BCUT2D eigenvalue weighted by Gasteiger charge is 2.60. The van der Waals surface area contributed by atoms with Gasteiger partial charge in [0.2, 0.25) is 10.8 Å². The standard InChI is InChI=1S/C26H23FN2O2S/c1-17(2)19-10-12-21(13-11-19)29-24(30)16-32-26(29)22-8-3-4-9-23(22)28(25(26)31)15-18-6-5-7-20(27)14-18/h3-14,17H,15-16H2,1-2H3/t26-/m1/s1. The quantitative estimate of drug-likeness (QED) is 0.537. The summed E-state index contributed by atoms with van der Waals surface area (Å²) in [6.45, 7) is 4.48. The summed E-state index contributed by atoms with van der Waals surface area (Å²) in [5.41, 5.74) is 4.14. The van der Waals surface area contributed by atoms with Crippen molar-refractivity contribution in [1.82, 2.24) is 0 Å². The summed E-state index contributed by atoms with van der Waals surface area (Å²) in [5.74, 6) is -0.0127. The van der Waals surface area contributed by atoms with Gasteiger partial charge in [0, 0.05) is 11.3 Å². The van der Waals surface area contributed by atoms with E-state index >= 15 is 0 Å². The molecule has 0 aromatic heterocycles. The maximum Gasteiger partial charge on any atom is 0.269 e. The van der Waals surface area contributed by atoms with Crippen LogP contribution in [-0.2, 0) is 21.0 Å². The van der Waals surface area contributed by atoms with E-state index in [1.54, 1.807) is 21.9 Å². The van der Waals surface area contributed by atoms with Gasteiger partial charge in [0.15, 0.2) is 0 Å². The highest BCUT2D eigenvalue weighted by Crippen LogP contribution is 2.55. The van der Waals surface area contributed by atoms with Crippen LogP contribution >= 0.6 is 11.8 Å². The second kappa shape index (κ2) is 7.78. The molecule has 3 aromatic carbocycles. The number of benzene rings is 3. The Hall–Kier alpha value is -3.12. The molecule has 2 aliphatic heterocycles. The van der Waals surface area contributed by atoms with Gasteiger partial charge in [-0.15, -0.1) is 11.8 Å². The average molecular weight is 447 g/mol. The van der Waals surface area contributed by atoms with Crippen LogP contribution in [0.25, 0.3) is 0 Å². The third-order valence-electron chi connectivity index (χ3n) is 6.11. The minimum Gasteiger partial charge on any atom is -0.304 e. The van der Waals surface area contributed by atoms with Gasteiger partial charge in [-0.3, -0.25) is 14.5 Å². The van der Waals surface area contributed by atoms with E-state index in [0.717, 1.165) is 11.3 Å². The molecule has 0 N–H and O–H groups in total. The number of halogens is 1. The smallest absolute Gasteiger partial charge is 0.269 e. The van der Waals surface area contributed by atoms with Crippen molar-refractivity contribution < 1.29 is 14.0 Å². The fourth-order valence-electron chi connectivity index (χ4n) is 4.54. The molecule has 1 saturated heterocycles. The number of anilines is 2. The molecule has 6 heteroatoms. The number of hydrogen-bond acceptors (Lipinski definition) is 3. The molecule has 2 aliphatic rings. The summed E-state index contributed by atoms with van der Waals surface area (Å²) >= 11 is 1.35. The second-order valence-electron chi connectivity index (χ2n) is 8.45. The first-order valence-corrected chi connectivity index (χ1v) is 11.6. The van der Waals surface area contributed by atoms with Crippen LogP contribution in [0.4, 0.5) is 15.8 Å². The monoisotopic (exact) mass is 446 g/mol. The van der Waals surface area contributed by atoms with E-state index in [2.05, 4.69) is 13.8 Å². The van der Waals surface area contributed by atoms with E-state index in [1.807, 2.05) is 48.5 Å². The molecular formula is C26H23FN2O2S. The first-order valence-electron chi connectivity index (χ1n) is 10.6. The van der Waals surface area contributed by atoms with Crippen molar-refractivity contribution in [2.45, 2.75) is 31.2 Å². The highest BCUT2D eigenvalue weighted by atomic mass is 32.2. The van der Waals surface area contributed by atoms with E-state index in [0.29, 0.717) is 17.2 Å². The summed E-state index contributed by atoms with van der Waals surface area (Å²) in [6, 6.07) is 21.7. The van der Waals surface area contributed by atoms with Crippen molar-refractivity contribution in [3.63, 3.8) is 0 Å². The molecule has 0 radical (unpaired) electrons. The van der Waals surface area contributed by atoms with E-state index in [1.165, 1.54) is 29.5 Å². The topological polar surface area (TPSA) is 40.6 Å². The molecule has 2 amide bonds. The molecule has 0 saturated carbocycles. The molecule has 1 spiro atoms. The highest BCUT2D eigenvalue weighted by molar-refractivity contribution is 8.02. The lowest BCUT2D eigenvalue weighted by Gasteiger charge is -2.33. The average Bonchev–Trinajstić information content (AvgIpc) is 3.25. The van der Waals surface area contributed by atoms with Crippen molar-refractivity contribution in [2.75, 3.05) is 15.6 Å². The van der Waals surface area contributed by atoms with Gasteiger partial charge in [-0.1, -0.05) is 56.3 Å². The third-order valence-corrected chi connectivity index (χ3v) is 7.50. The summed E-state index contributed by atoms with van der Waals surface area (Å²) in [5, 5.41) is 0. The summed E-state index contributed by atoms with van der Waals surface area (Å²) in [4.78, 5) is 29.3. The van der Waals surface area contributed by atoms with Crippen molar-refractivity contribution in [3.8, 4) is 0 Å². The zero-order valence-electron chi connectivity index (χ0n) is 17.9. The van der Waals surface area contributed by atoms with E-state index in [-0.39, 0.29) is 29.9 Å². The third kappa shape index (κ3) is 3.13. The molecule has 162 valence electrons. The lowest BCUT2D eigenvalue weighted by Crippen LogP contribution is -2.49. The number of carbonyl (C=O) groups excluding carboxylic acids is 2. The van der Waals surface area contributed by atoms with Crippen LogP contribution < -0.4 is 9.80 Å². The number of nitrogens with zero attached hydrogens (tertiary/aromatic N) is 2. The number of hydrogen-bond donors (Lipinski definition) is 0. The normalized spacial score (nSPS) is 20.0. The predicted molar refractivity (Wildman–Crippen MR) is 126 cm³/mol. The van der Waals surface area contributed by atoms with Crippen LogP contribution in [0.15, 0.2) is 72.8 Å². The van der Waals surface area contributed by atoms with Crippen LogP contribution in [-0.4, -0.2) is 17.6 Å². The zero-order chi connectivity index (χ0) is 22.5. The summed E-state index contributed by atoms with van der Waals surface area (Å²) in [6.07, 6.45) is 0. The lowest BCUT2D eigenvalue weighted by molar-refractivity contribution is -0.123. The molecule has 4 nitrogen and oxygen atoms in total. The second-order valence-corrected chi connectivity index (χ2v) is 9.61. The van der Waals surface area contributed by atoms with Gasteiger partial charge < -0.3 is 4.90 Å². The fourth-order valence-corrected chi connectivity index (χ4v) is 5.90. The Morgan fingerprint density at radius 2 is 1.75 bits per heavy atom. The van der Waals surface area contributed by atoms with Crippen LogP contribution in [0, 0.1) is 5.82 Å². The number of amides is 2. The Labute approximate surface area is 191 Å². The molecule has 1 atom stereocenters. The van der Waals surface area contributed by atoms with Gasteiger partial charge in [0.25, 0.3) is 5.91 Å². The van der Waals surface area contributed by atoms with Crippen LogP contribution in [0.3, 0.4) is 0 Å². The minimum absolute atomic E-state index is 0.0944. The molecule has 0 unspecified atom stereocenters. The number of rotatable bonds is 4. The van der Waals surface area contributed by atoms with Crippen molar-refractivity contribution >= 4 is 35.0 Å².